The molecule has 0 bridgehead atoms. The highest BCUT2D eigenvalue weighted by atomic mass is 16.5. The van der Waals surface area contributed by atoms with E-state index in [0.717, 1.165) is 17.6 Å². The molecule has 2 aliphatic rings. The fourth-order valence-corrected chi connectivity index (χ4v) is 4.89. The number of allylic oxidation sites excluding steroid dienone is 6. The molecule has 1 nitrogen and oxygen atoms in total. The van der Waals surface area contributed by atoms with Gasteiger partial charge >= 0.3 is 0 Å². The van der Waals surface area contributed by atoms with Gasteiger partial charge < -0.3 is 4.74 Å². The van der Waals surface area contributed by atoms with Crippen LogP contribution >= 0.6 is 0 Å². The van der Waals surface area contributed by atoms with Crippen molar-refractivity contribution in [2.24, 2.45) is 23.7 Å². The van der Waals surface area contributed by atoms with Crippen molar-refractivity contribution in [3.8, 4) is 0 Å². The third-order valence-electron chi connectivity index (χ3n) is 6.52. The van der Waals surface area contributed by atoms with Crippen molar-refractivity contribution in [3.63, 3.8) is 0 Å². The van der Waals surface area contributed by atoms with E-state index in [1.165, 1.54) is 57.8 Å². The lowest BCUT2D eigenvalue weighted by atomic mass is 9.73. The average molecular weight is 385 g/mol. The molecule has 0 radical (unpaired) electrons. The predicted molar refractivity (Wildman–Crippen MR) is 123 cm³/mol. The molecular weight excluding hydrogens is 340 g/mol. The summed E-state index contributed by atoms with van der Waals surface area (Å²) in [6.07, 6.45) is 23.6. The van der Waals surface area contributed by atoms with Gasteiger partial charge in [-0.3, -0.25) is 0 Å². The molecule has 0 N–H and O–H groups in total. The van der Waals surface area contributed by atoms with Gasteiger partial charge in [-0.05, 0) is 108 Å². The van der Waals surface area contributed by atoms with Gasteiger partial charge in [-0.2, -0.15) is 0 Å². The highest BCUT2D eigenvalue weighted by molar-refractivity contribution is 5.17. The molecule has 1 heteroatoms. The summed E-state index contributed by atoms with van der Waals surface area (Å²) in [7, 11) is 0. The van der Waals surface area contributed by atoms with E-state index in [0.29, 0.717) is 11.8 Å². The van der Waals surface area contributed by atoms with Gasteiger partial charge in [0.25, 0.3) is 0 Å². The molecule has 0 heterocycles. The summed E-state index contributed by atoms with van der Waals surface area (Å²) in [5, 5.41) is 0. The third kappa shape index (κ3) is 7.64. The molecule has 0 saturated carbocycles. The van der Waals surface area contributed by atoms with Crippen LogP contribution < -0.4 is 0 Å². The summed E-state index contributed by atoms with van der Waals surface area (Å²) < 4.78 is 5.92. The Hall–Kier alpha value is -1.24. The maximum atomic E-state index is 5.92. The van der Waals surface area contributed by atoms with Crippen LogP contribution in [-0.2, 0) is 4.74 Å². The van der Waals surface area contributed by atoms with E-state index in [4.69, 9.17) is 4.74 Å². The lowest BCUT2D eigenvalue weighted by Gasteiger charge is -2.32. The average Bonchev–Trinajstić information content (AvgIpc) is 2.65. The van der Waals surface area contributed by atoms with E-state index in [1.807, 2.05) is 0 Å². The van der Waals surface area contributed by atoms with Gasteiger partial charge in [0.05, 0.1) is 0 Å². The van der Waals surface area contributed by atoms with Crippen LogP contribution in [0.25, 0.3) is 0 Å². The zero-order chi connectivity index (χ0) is 20.6. The molecule has 0 amide bonds. The Bertz CT molecular complexity index is 572. The molecule has 4 unspecified atom stereocenters. The van der Waals surface area contributed by atoms with E-state index in [2.05, 4.69) is 71.6 Å². The normalized spacial score (nSPS) is 25.4. The summed E-state index contributed by atoms with van der Waals surface area (Å²) in [6, 6.07) is 0. The summed E-state index contributed by atoms with van der Waals surface area (Å²) in [5.41, 5.74) is 1.54. The van der Waals surface area contributed by atoms with Crippen molar-refractivity contribution in [2.45, 2.75) is 98.0 Å². The van der Waals surface area contributed by atoms with E-state index >= 15 is 0 Å². The zero-order valence-electron chi connectivity index (χ0n) is 19.2. The molecule has 0 aromatic carbocycles. The van der Waals surface area contributed by atoms with Crippen LogP contribution in [0.4, 0.5) is 0 Å². The first-order valence-electron chi connectivity index (χ1n) is 11.7. The van der Waals surface area contributed by atoms with Crippen LogP contribution in [0.15, 0.2) is 48.3 Å². The van der Waals surface area contributed by atoms with Crippen LogP contribution in [0.3, 0.4) is 0 Å². The smallest absolute Gasteiger partial charge is 0.112 e. The Balaban J connectivity index is 2.08. The molecule has 0 aromatic heterocycles. The summed E-state index contributed by atoms with van der Waals surface area (Å²) in [6.45, 7) is 15.1. The largest absolute Gasteiger partial charge is 0.489 e. The van der Waals surface area contributed by atoms with E-state index in [1.54, 1.807) is 5.57 Å². The van der Waals surface area contributed by atoms with Gasteiger partial charge in [-0.25, -0.2) is 0 Å². The van der Waals surface area contributed by atoms with Crippen LogP contribution in [0, 0.1) is 23.7 Å². The van der Waals surface area contributed by atoms with Crippen molar-refractivity contribution in [3.05, 3.63) is 48.3 Å². The Morgan fingerprint density at radius 1 is 1.25 bits per heavy atom. The standard InChI is InChI=1S/C27H44O/c1-7-23(18-17-22(3)28-27(4,5)6)26(25-15-9-8-10-16-25)20-19-24-14-12-11-13-21(24)2/h11-12,15,17-18,21,23-24,26H,3,7-10,13-14,16,19-20H2,1-2,4-6H3/b18-17-. The Labute approximate surface area is 175 Å². The number of ether oxygens (including phenoxy) is 1. The minimum atomic E-state index is -0.181. The predicted octanol–water partition coefficient (Wildman–Crippen LogP) is 8.40. The second-order valence-corrected chi connectivity index (χ2v) is 10.0. The summed E-state index contributed by atoms with van der Waals surface area (Å²) in [4.78, 5) is 0. The fraction of sp³-hybridized carbons (Fsp3) is 0.704. The Kier molecular flexibility index (Phi) is 9.12. The quantitative estimate of drug-likeness (QED) is 0.220. The van der Waals surface area contributed by atoms with E-state index < -0.39 is 0 Å². The molecular formula is C27H44O. The first-order chi connectivity index (χ1) is 13.3. The molecule has 0 aromatic rings. The van der Waals surface area contributed by atoms with Gasteiger partial charge in [-0.1, -0.05) is 50.3 Å². The van der Waals surface area contributed by atoms with Crippen LogP contribution in [0.2, 0.25) is 0 Å². The summed E-state index contributed by atoms with van der Waals surface area (Å²) >= 11 is 0. The van der Waals surface area contributed by atoms with Crippen molar-refractivity contribution >= 4 is 0 Å². The zero-order valence-corrected chi connectivity index (χ0v) is 19.2. The molecule has 0 aliphatic heterocycles. The van der Waals surface area contributed by atoms with Gasteiger partial charge in [0, 0.05) is 0 Å². The van der Waals surface area contributed by atoms with Crippen molar-refractivity contribution < 1.29 is 4.74 Å². The Morgan fingerprint density at radius 2 is 2.00 bits per heavy atom. The number of hydrogen-bond donors (Lipinski definition) is 0. The van der Waals surface area contributed by atoms with Crippen LogP contribution in [0.1, 0.15) is 92.4 Å². The molecule has 2 aliphatic carbocycles. The molecule has 28 heavy (non-hydrogen) atoms. The van der Waals surface area contributed by atoms with Crippen LogP contribution in [-0.4, -0.2) is 5.60 Å². The molecule has 158 valence electrons. The van der Waals surface area contributed by atoms with Crippen LogP contribution in [0.5, 0.6) is 0 Å². The second kappa shape index (κ2) is 11.1. The highest BCUT2D eigenvalue weighted by Gasteiger charge is 2.26. The maximum Gasteiger partial charge on any atom is 0.112 e. The summed E-state index contributed by atoms with van der Waals surface area (Å²) in [5.74, 6) is 3.74. The van der Waals surface area contributed by atoms with Crippen molar-refractivity contribution in [2.75, 3.05) is 0 Å². The minimum Gasteiger partial charge on any atom is -0.489 e. The van der Waals surface area contributed by atoms with Gasteiger partial charge in [0.15, 0.2) is 0 Å². The molecule has 0 fully saturated rings. The minimum absolute atomic E-state index is 0.181. The molecule has 2 rings (SSSR count). The van der Waals surface area contributed by atoms with Crippen molar-refractivity contribution in [1.29, 1.82) is 0 Å². The molecule has 0 saturated heterocycles. The Morgan fingerprint density at radius 3 is 2.61 bits per heavy atom. The molecule has 4 atom stereocenters. The topological polar surface area (TPSA) is 9.23 Å². The lowest BCUT2D eigenvalue weighted by molar-refractivity contribution is 0.0607. The first kappa shape index (κ1) is 23.0. The highest BCUT2D eigenvalue weighted by Crippen LogP contribution is 2.38. The lowest BCUT2D eigenvalue weighted by Crippen LogP contribution is -2.21. The van der Waals surface area contributed by atoms with Gasteiger partial charge in [-0.15, -0.1) is 0 Å². The van der Waals surface area contributed by atoms with Gasteiger partial charge in [0.2, 0.25) is 0 Å². The third-order valence-corrected chi connectivity index (χ3v) is 6.52. The number of rotatable bonds is 9. The SMILES string of the molecule is C=C(/C=C\C(CC)C(CCC1CC=CCC1C)C1=CCCCC1)OC(C)(C)C. The first-order valence-corrected chi connectivity index (χ1v) is 11.7. The fourth-order valence-electron chi connectivity index (χ4n) is 4.89. The van der Waals surface area contributed by atoms with Crippen molar-refractivity contribution in [1.82, 2.24) is 0 Å². The maximum absolute atomic E-state index is 5.92. The van der Waals surface area contributed by atoms with E-state index in [-0.39, 0.29) is 5.60 Å². The monoisotopic (exact) mass is 384 g/mol. The number of hydrogen-bond acceptors (Lipinski definition) is 1. The van der Waals surface area contributed by atoms with E-state index in [9.17, 15) is 0 Å². The molecule has 0 spiro atoms. The van der Waals surface area contributed by atoms with Gasteiger partial charge in [0.1, 0.15) is 11.4 Å². The second-order valence-electron chi connectivity index (χ2n) is 10.0.